The van der Waals surface area contributed by atoms with E-state index in [-0.39, 0.29) is 102 Å². The third-order valence-electron chi connectivity index (χ3n) is 25.7. The smallest absolute Gasteiger partial charge is 0.136 e. The Morgan fingerprint density at radius 2 is 0.650 bits per heavy atom. The molecule has 15 heteroatoms. The molecule has 0 aliphatic heterocycles. The third-order valence-corrected chi connectivity index (χ3v) is 25.7. The third kappa shape index (κ3) is 23.0. The molecule has 0 saturated heterocycles. The van der Waals surface area contributed by atoms with E-state index in [9.17, 15) is 15.3 Å². The van der Waals surface area contributed by atoms with Crippen LogP contribution in [-0.4, -0.2) is 45.2 Å². The fourth-order valence-corrected chi connectivity index (χ4v) is 18.1. The van der Waals surface area contributed by atoms with Gasteiger partial charge in [-0.3, -0.25) is 15.0 Å². The fraction of sp³-hybridized carbons (Fsp3) is 0.200. The van der Waals surface area contributed by atoms with E-state index in [0.717, 1.165) is 168 Å². The topological polar surface area (TPSA) is 148 Å². The van der Waals surface area contributed by atoms with Gasteiger partial charge in [-0.15, -0.1) is 89.5 Å². The first-order valence-electron chi connectivity index (χ1n) is 47.7. The van der Waals surface area contributed by atoms with Gasteiger partial charge in [-0.25, -0.2) is 15.0 Å². The summed E-state index contributed by atoms with van der Waals surface area (Å²) in [5.74, 6) is 3.12. The van der Waals surface area contributed by atoms with Crippen LogP contribution in [0.2, 0.25) is 0 Å². The Morgan fingerprint density at radius 3 is 1.05 bits per heavy atom. The molecule has 3 N–H and O–H groups in total. The molecular weight excluding hydrogens is 2260 g/mol. The van der Waals surface area contributed by atoms with Crippen LogP contribution in [0, 0.1) is 18.2 Å². The normalized spacial score (nSPS) is 11.9. The summed E-state index contributed by atoms with van der Waals surface area (Å²) in [6.07, 6.45) is 12.2. The molecule has 1 aliphatic rings. The Hall–Kier alpha value is -13.3. The molecule has 19 rings (SSSR count). The van der Waals surface area contributed by atoms with Crippen LogP contribution in [0.25, 0.3) is 101 Å². The van der Waals surface area contributed by atoms with E-state index < -0.39 is 0 Å². The van der Waals surface area contributed by atoms with Gasteiger partial charge in [0.05, 0.1) is 17.1 Å². The summed E-state index contributed by atoms with van der Waals surface area (Å²) >= 11 is 0. The number of hydrogen-bond acceptors (Lipinski definition) is 12. The molecule has 0 atom stereocenters. The number of phenols is 3. The molecule has 12 nitrogen and oxygen atoms in total. The minimum Gasteiger partial charge on any atom is -0.507 e. The molecule has 714 valence electrons. The first kappa shape index (κ1) is 103. The Morgan fingerprint density at radius 1 is 0.293 bits per heavy atom. The van der Waals surface area contributed by atoms with Gasteiger partial charge >= 0.3 is 0 Å². The molecule has 0 unspecified atom stereocenters. The van der Waals surface area contributed by atoms with Crippen molar-refractivity contribution >= 4 is 62.4 Å². The maximum Gasteiger partial charge on any atom is 0.136 e. The number of hydrogen-bond donors (Lipinski definition) is 3. The molecule has 12 aromatic carbocycles. The van der Waals surface area contributed by atoms with Crippen molar-refractivity contribution in [1.82, 2.24) is 29.9 Å². The summed E-state index contributed by atoms with van der Waals surface area (Å²) in [6, 6.07) is 130. The number of pyridine rings is 6. The fourth-order valence-electron chi connectivity index (χ4n) is 18.1. The van der Waals surface area contributed by atoms with Gasteiger partial charge in [0, 0.05) is 126 Å². The van der Waals surface area contributed by atoms with Crippen LogP contribution in [0.4, 0.5) is 51.6 Å². The van der Waals surface area contributed by atoms with Gasteiger partial charge in [0.15, 0.2) is 0 Å². The molecule has 140 heavy (non-hydrogen) atoms. The predicted molar refractivity (Wildman–Crippen MR) is 567 cm³/mol. The van der Waals surface area contributed by atoms with Gasteiger partial charge in [0.1, 0.15) is 34.7 Å². The predicted octanol–water partition coefficient (Wildman–Crippen LogP) is 33.0. The number of nitrogens with zero attached hydrogens (tertiary/aromatic N) is 9. The number of para-hydroxylation sites is 5. The maximum atomic E-state index is 11.1. The number of fused-ring (bicyclic) bond motifs is 4. The zero-order valence-corrected chi connectivity index (χ0v) is 88.6. The Labute approximate surface area is 869 Å². The van der Waals surface area contributed by atoms with Crippen LogP contribution in [0.5, 0.6) is 17.2 Å². The summed E-state index contributed by atoms with van der Waals surface area (Å²) in [7, 11) is 0. The van der Waals surface area contributed by atoms with Gasteiger partial charge in [0.2, 0.25) is 0 Å². The van der Waals surface area contributed by atoms with Gasteiger partial charge in [-0.1, -0.05) is 311 Å². The summed E-state index contributed by atoms with van der Waals surface area (Å²) in [4.78, 5) is 36.1. The molecule has 0 fully saturated rings. The molecule has 6 heterocycles. The second-order valence-electron chi connectivity index (χ2n) is 39.6. The molecule has 0 radical (unpaired) electrons. The van der Waals surface area contributed by atoms with Crippen LogP contribution in [0.1, 0.15) is 169 Å². The van der Waals surface area contributed by atoms with Crippen molar-refractivity contribution < 1.29 is 78.5 Å². The van der Waals surface area contributed by atoms with Crippen LogP contribution in [-0.2, 0) is 90.3 Å². The zero-order chi connectivity index (χ0) is 95.8. The van der Waals surface area contributed by atoms with Crippen molar-refractivity contribution in [2.75, 3.05) is 14.7 Å². The molecule has 0 saturated carbocycles. The Kier molecular flexibility index (Phi) is 32.5. The zero-order valence-electron chi connectivity index (χ0n) is 81.8. The van der Waals surface area contributed by atoms with E-state index in [1.165, 1.54) is 33.4 Å². The van der Waals surface area contributed by atoms with Crippen molar-refractivity contribution in [3.05, 3.63) is 422 Å². The average molecular weight is 2380 g/mol. The standard InChI is InChI=1S/C46H42N3O.C42H40N3O.C37H36N3O.3Pt/c1-45(2,3)36-23-34(24-37(29-36)46(4,5)6)35-26-41(48-42(27-35)40-21-12-13-22-43(40)50)32-17-14-20-39(25-32)49(38-18-8-7-9-19-38)44-28-31-15-10-11-16-33(31)30-47-44;1-41(2,3)32-23-30(24-33(28-32)42(4,5)6)31-26-37(44-38(27-31)36-19-10-11-20-39(36)46)29-15-14-18-35(25-29)45(34-16-8-7-9-17-34)40-21-12-13-22-43-40;1-3-5-23-37(24-6-4-2)30-18-13-19-33(41)35(30)36-31(37)21-22-32(39-36)27-14-12-17-29(26-27)40(28-15-8-7-9-16-28)34-20-10-11-25-38-34;;;/h7-24,26-30,50H,1-6H3;7-24,26-28,46H,1-6H3;7-22,25,41H,3-6,23-24H2,1-2H3;;;/q3*-1;;;. The van der Waals surface area contributed by atoms with E-state index in [4.69, 9.17) is 19.9 Å². The number of benzene rings is 12. The SMILES string of the molecule is CC(C)(C)c1cc(-c2cc(-c3[c-]c(N(c4ccccc4)c4cc5ccccc5cn4)ccc3)nc(-c3ccccc3O)c2)cc(C(C)(C)C)c1.CC(C)(C)c1cc(-c2cc(-c3[c-]c(N(c4ccccc4)c4ccccn4)ccc3)nc(-c3ccccc3O)c2)cc(C(C)(C)C)c1.CCCCC1(CCCC)c2ccc(-c3[c-]c(N(c4ccccc4)c4ccccn4)ccc3)nc2-c2c(O)cccc21.[Pt].[Pt].[Pt]. The first-order valence-corrected chi connectivity index (χ1v) is 47.7. The number of aromatic nitrogens is 6. The summed E-state index contributed by atoms with van der Waals surface area (Å²) < 4.78 is 0. The molecule has 1 aliphatic carbocycles. The number of rotatable bonds is 22. The van der Waals surface area contributed by atoms with E-state index in [1.54, 1.807) is 24.4 Å². The molecule has 6 aromatic heterocycles. The second kappa shape index (κ2) is 44.4. The molecule has 0 spiro atoms. The Bertz CT molecular complexity index is 7150. The second-order valence-corrected chi connectivity index (χ2v) is 39.6. The van der Waals surface area contributed by atoms with Crippen molar-refractivity contribution in [2.45, 2.75) is 163 Å². The van der Waals surface area contributed by atoms with Crippen LogP contribution in [0.15, 0.2) is 370 Å². The van der Waals surface area contributed by atoms with E-state index in [2.05, 4.69) is 291 Å². The van der Waals surface area contributed by atoms with Gasteiger partial charge in [-0.05, 0) is 239 Å². The summed E-state index contributed by atoms with van der Waals surface area (Å²) in [6.45, 7) is 31.6. The molecular formula is C125H118N9O3Pt3-3. The van der Waals surface area contributed by atoms with E-state index in [1.807, 2.05) is 194 Å². The monoisotopic (exact) mass is 2380 g/mol. The first-order chi connectivity index (χ1) is 66.1. The Balaban J connectivity index is 0.000000166. The van der Waals surface area contributed by atoms with Crippen molar-refractivity contribution in [3.8, 4) is 107 Å². The number of anilines is 9. The largest absolute Gasteiger partial charge is 0.507 e. The van der Waals surface area contributed by atoms with Gasteiger partial charge in [0.25, 0.3) is 0 Å². The van der Waals surface area contributed by atoms with Gasteiger partial charge in [-0.2, -0.15) is 0 Å². The minimum atomic E-state index is -0.115. The molecule has 0 bridgehead atoms. The molecule has 0 amide bonds. The minimum absolute atomic E-state index is 0. The number of aromatic hydroxyl groups is 3. The average Bonchev–Trinajstić information content (AvgIpc) is 1.55. The van der Waals surface area contributed by atoms with E-state index in [0.29, 0.717) is 28.3 Å². The van der Waals surface area contributed by atoms with Crippen molar-refractivity contribution in [3.63, 3.8) is 0 Å². The van der Waals surface area contributed by atoms with Crippen LogP contribution in [0.3, 0.4) is 0 Å². The number of phenolic OH excluding ortho intramolecular Hbond substituents is 3. The molecule has 18 aromatic rings. The maximum absolute atomic E-state index is 11.1. The summed E-state index contributed by atoms with van der Waals surface area (Å²) in [5.41, 5.74) is 26.7. The van der Waals surface area contributed by atoms with Gasteiger partial charge < -0.3 is 30.0 Å². The van der Waals surface area contributed by atoms with Crippen molar-refractivity contribution in [2.24, 2.45) is 0 Å². The number of unbranched alkanes of at least 4 members (excludes halogenated alkanes) is 2. The van der Waals surface area contributed by atoms with Crippen molar-refractivity contribution in [1.29, 1.82) is 0 Å². The van der Waals surface area contributed by atoms with E-state index >= 15 is 0 Å². The van der Waals surface area contributed by atoms with Crippen LogP contribution < -0.4 is 14.7 Å². The summed E-state index contributed by atoms with van der Waals surface area (Å²) in [5, 5.41) is 35.2. The van der Waals surface area contributed by atoms with Crippen LogP contribution >= 0.6 is 0 Å². The quantitative estimate of drug-likeness (QED) is 0.0555.